The number of carbonyl (C=O) groups is 1. The summed E-state index contributed by atoms with van der Waals surface area (Å²) in [5, 5.41) is 7.60. The van der Waals surface area contributed by atoms with Gasteiger partial charge in [-0.25, -0.2) is 24.0 Å². The number of nitrogens with zero attached hydrogens (tertiary/aromatic N) is 5. The topological polar surface area (TPSA) is 103 Å². The lowest BCUT2D eigenvalue weighted by Gasteiger charge is -2.10. The van der Waals surface area contributed by atoms with Crippen LogP contribution < -0.4 is 10.9 Å². The van der Waals surface area contributed by atoms with Gasteiger partial charge in [-0.05, 0) is 12.3 Å². The number of amides is 1. The van der Waals surface area contributed by atoms with Crippen LogP contribution in [0.1, 0.15) is 37.4 Å². The molecule has 3 aromatic heterocycles. The molecular formula is C16H17FN6O2S. The van der Waals surface area contributed by atoms with Crippen molar-refractivity contribution in [2.24, 2.45) is 0 Å². The molecule has 0 saturated carbocycles. The Morgan fingerprint density at radius 2 is 2.04 bits per heavy atom. The van der Waals surface area contributed by atoms with Crippen LogP contribution in [0.25, 0.3) is 10.2 Å². The molecule has 0 aromatic carbocycles. The zero-order chi connectivity index (χ0) is 18.8. The highest BCUT2D eigenvalue weighted by molar-refractivity contribution is 7.18. The maximum atomic E-state index is 12.8. The second-order valence-corrected chi connectivity index (χ2v) is 7.00. The minimum absolute atomic E-state index is 0.0410. The third-order valence-electron chi connectivity index (χ3n) is 3.59. The summed E-state index contributed by atoms with van der Waals surface area (Å²) in [5.41, 5.74) is 0.906. The number of thiazole rings is 1. The Hall–Kier alpha value is -2.75. The van der Waals surface area contributed by atoms with E-state index >= 15 is 0 Å². The second-order valence-electron chi connectivity index (χ2n) is 5.91. The van der Waals surface area contributed by atoms with E-state index in [1.165, 1.54) is 11.3 Å². The molecule has 0 spiro atoms. The summed E-state index contributed by atoms with van der Waals surface area (Å²) in [4.78, 5) is 36.7. The van der Waals surface area contributed by atoms with Crippen molar-refractivity contribution >= 4 is 33.4 Å². The van der Waals surface area contributed by atoms with Gasteiger partial charge in [-0.1, -0.05) is 20.8 Å². The molecule has 0 aliphatic carbocycles. The summed E-state index contributed by atoms with van der Waals surface area (Å²) in [7, 11) is 0. The molecule has 136 valence electrons. The summed E-state index contributed by atoms with van der Waals surface area (Å²) >= 11 is 1.32. The van der Waals surface area contributed by atoms with Gasteiger partial charge in [0.05, 0.1) is 23.1 Å². The Balaban J connectivity index is 1.94. The Bertz CT molecular complexity index is 1010. The van der Waals surface area contributed by atoms with Crippen LogP contribution in [0.4, 0.5) is 10.3 Å². The quantitative estimate of drug-likeness (QED) is 0.732. The minimum atomic E-state index is -0.607. The fourth-order valence-corrected chi connectivity index (χ4v) is 3.30. The molecular weight excluding hydrogens is 359 g/mol. The van der Waals surface area contributed by atoms with Crippen molar-refractivity contribution in [1.82, 2.24) is 24.7 Å². The van der Waals surface area contributed by atoms with E-state index in [4.69, 9.17) is 0 Å². The van der Waals surface area contributed by atoms with Crippen LogP contribution in [0.2, 0.25) is 0 Å². The van der Waals surface area contributed by atoms with Gasteiger partial charge >= 0.3 is 0 Å². The van der Waals surface area contributed by atoms with E-state index < -0.39 is 11.7 Å². The number of aryl methyl sites for hydroxylation is 1. The Kier molecular flexibility index (Phi) is 5.03. The van der Waals surface area contributed by atoms with Crippen molar-refractivity contribution in [1.29, 1.82) is 0 Å². The van der Waals surface area contributed by atoms with Gasteiger partial charge in [0.15, 0.2) is 5.82 Å². The van der Waals surface area contributed by atoms with Crippen molar-refractivity contribution in [2.45, 2.75) is 39.7 Å². The molecule has 0 bridgehead atoms. The maximum absolute atomic E-state index is 12.8. The fraction of sp³-hybridized carbons (Fsp3) is 0.375. The second kappa shape index (κ2) is 7.24. The van der Waals surface area contributed by atoms with Crippen molar-refractivity contribution in [3.05, 3.63) is 39.3 Å². The average Bonchev–Trinajstić information content (AvgIpc) is 3.04. The fourth-order valence-electron chi connectivity index (χ4n) is 2.35. The molecule has 26 heavy (non-hydrogen) atoms. The third kappa shape index (κ3) is 3.59. The van der Waals surface area contributed by atoms with Crippen molar-refractivity contribution < 1.29 is 9.18 Å². The van der Waals surface area contributed by atoms with E-state index in [0.29, 0.717) is 15.9 Å². The van der Waals surface area contributed by atoms with Crippen LogP contribution in [0.5, 0.6) is 0 Å². The number of hydrogen-bond donors (Lipinski definition) is 1. The van der Waals surface area contributed by atoms with E-state index in [-0.39, 0.29) is 24.0 Å². The van der Waals surface area contributed by atoms with E-state index in [9.17, 15) is 14.0 Å². The molecule has 0 aliphatic heterocycles. The third-order valence-corrected chi connectivity index (χ3v) is 4.77. The summed E-state index contributed by atoms with van der Waals surface area (Å²) in [6.45, 7) is 5.57. The normalized spacial score (nSPS) is 11.3. The molecule has 8 nitrogen and oxygen atoms in total. The summed E-state index contributed by atoms with van der Waals surface area (Å²) in [6, 6.07) is 0. The molecule has 10 heteroatoms. The SMILES string of the molecule is CCc1nc2c(C(C)C)nn(CC(=O)Nc3ncc(F)cn3)c(=O)c2s1. The number of fused-ring (bicyclic) bond motifs is 1. The molecule has 3 rings (SSSR count). The van der Waals surface area contributed by atoms with Gasteiger partial charge in [-0.2, -0.15) is 5.10 Å². The van der Waals surface area contributed by atoms with Crippen LogP contribution in [0, 0.1) is 5.82 Å². The number of aromatic nitrogens is 5. The highest BCUT2D eigenvalue weighted by Crippen LogP contribution is 2.25. The monoisotopic (exact) mass is 376 g/mol. The molecule has 0 aliphatic rings. The van der Waals surface area contributed by atoms with Crippen LogP contribution >= 0.6 is 11.3 Å². The lowest BCUT2D eigenvalue weighted by molar-refractivity contribution is -0.117. The van der Waals surface area contributed by atoms with E-state index in [1.807, 2.05) is 20.8 Å². The predicted molar refractivity (Wildman–Crippen MR) is 95.8 cm³/mol. The lowest BCUT2D eigenvalue weighted by atomic mass is 10.1. The van der Waals surface area contributed by atoms with Crippen LogP contribution in [-0.4, -0.2) is 30.6 Å². The van der Waals surface area contributed by atoms with Gasteiger partial charge in [-0.3, -0.25) is 14.9 Å². The van der Waals surface area contributed by atoms with E-state index in [2.05, 4.69) is 25.4 Å². The molecule has 0 fully saturated rings. The Labute approximate surface area is 152 Å². The first kappa shape index (κ1) is 18.1. The number of nitrogens with one attached hydrogen (secondary N) is 1. The van der Waals surface area contributed by atoms with Gasteiger partial charge in [0.25, 0.3) is 5.56 Å². The van der Waals surface area contributed by atoms with Gasteiger partial charge in [-0.15, -0.1) is 11.3 Å². The first-order valence-electron chi connectivity index (χ1n) is 8.06. The molecule has 0 saturated heterocycles. The number of rotatable bonds is 5. The zero-order valence-corrected chi connectivity index (χ0v) is 15.3. The minimum Gasteiger partial charge on any atom is -0.293 e. The number of hydrogen-bond acceptors (Lipinski definition) is 7. The largest absolute Gasteiger partial charge is 0.293 e. The molecule has 1 N–H and O–H groups in total. The van der Waals surface area contributed by atoms with Crippen molar-refractivity contribution in [3.8, 4) is 0 Å². The molecule has 0 unspecified atom stereocenters. The highest BCUT2D eigenvalue weighted by Gasteiger charge is 2.19. The average molecular weight is 376 g/mol. The molecule has 3 heterocycles. The molecule has 0 radical (unpaired) electrons. The van der Waals surface area contributed by atoms with Crippen molar-refractivity contribution in [3.63, 3.8) is 0 Å². The number of halogens is 1. The summed E-state index contributed by atoms with van der Waals surface area (Å²) in [5.74, 6) is -1.13. The van der Waals surface area contributed by atoms with E-state index in [1.54, 1.807) is 0 Å². The van der Waals surface area contributed by atoms with Crippen LogP contribution in [0.15, 0.2) is 17.2 Å². The summed E-state index contributed by atoms with van der Waals surface area (Å²) in [6.07, 6.45) is 2.61. The molecule has 1 amide bonds. The van der Waals surface area contributed by atoms with Gasteiger partial charge in [0.2, 0.25) is 11.9 Å². The zero-order valence-electron chi connectivity index (χ0n) is 14.5. The maximum Gasteiger partial charge on any atom is 0.286 e. The highest BCUT2D eigenvalue weighted by atomic mass is 32.1. The Morgan fingerprint density at radius 1 is 1.35 bits per heavy atom. The predicted octanol–water partition coefficient (Wildman–Crippen LogP) is 2.11. The first-order chi connectivity index (χ1) is 12.4. The lowest BCUT2D eigenvalue weighted by Crippen LogP contribution is -2.31. The summed E-state index contributed by atoms with van der Waals surface area (Å²) < 4.78 is 14.4. The Morgan fingerprint density at radius 3 is 2.65 bits per heavy atom. The van der Waals surface area contributed by atoms with Gasteiger partial charge in [0, 0.05) is 0 Å². The van der Waals surface area contributed by atoms with E-state index in [0.717, 1.165) is 28.5 Å². The smallest absolute Gasteiger partial charge is 0.286 e. The van der Waals surface area contributed by atoms with Crippen molar-refractivity contribution in [2.75, 3.05) is 5.32 Å². The van der Waals surface area contributed by atoms with Gasteiger partial charge in [0.1, 0.15) is 16.8 Å². The standard InChI is InChI=1S/C16H17FN6O2S/c1-4-11-21-13-12(8(2)3)22-23(15(25)14(13)26-11)7-10(24)20-16-18-5-9(17)6-19-16/h5-6,8H,4,7H2,1-3H3,(H,18,19,20,24). The van der Waals surface area contributed by atoms with Crippen LogP contribution in [-0.2, 0) is 17.8 Å². The number of anilines is 1. The number of carbonyl (C=O) groups excluding carboxylic acids is 1. The molecule has 0 atom stereocenters. The van der Waals surface area contributed by atoms with Gasteiger partial charge < -0.3 is 0 Å². The molecule has 3 aromatic rings. The first-order valence-corrected chi connectivity index (χ1v) is 8.88. The van der Waals surface area contributed by atoms with Crippen LogP contribution in [0.3, 0.4) is 0 Å².